The number of rotatable bonds is 9. The van der Waals surface area contributed by atoms with Gasteiger partial charge in [-0.25, -0.2) is 8.42 Å². The molecule has 0 aliphatic heterocycles. The molecule has 176 valence electrons. The van der Waals surface area contributed by atoms with Gasteiger partial charge in [0.25, 0.3) is 10.0 Å². The maximum absolute atomic E-state index is 13.7. The summed E-state index contributed by atoms with van der Waals surface area (Å²) in [4.78, 5) is 0. The minimum absolute atomic E-state index is 0.0673. The van der Waals surface area contributed by atoms with Gasteiger partial charge in [0.15, 0.2) is 5.03 Å². The van der Waals surface area contributed by atoms with Crippen molar-refractivity contribution in [1.29, 1.82) is 0 Å². The third-order valence-electron chi connectivity index (χ3n) is 6.16. The van der Waals surface area contributed by atoms with Gasteiger partial charge in [-0.15, -0.1) is 0 Å². The highest BCUT2D eigenvalue weighted by Gasteiger charge is 2.40. The summed E-state index contributed by atoms with van der Waals surface area (Å²) in [6.07, 6.45) is 2.12. The van der Waals surface area contributed by atoms with Crippen molar-refractivity contribution in [3.8, 4) is 11.5 Å². The molecule has 1 fully saturated rings. The van der Waals surface area contributed by atoms with Crippen molar-refractivity contribution in [3.05, 3.63) is 71.4 Å². The minimum atomic E-state index is -3.95. The Morgan fingerprint density at radius 3 is 1.85 bits per heavy atom. The molecule has 1 aliphatic carbocycles. The number of aryl methyl sites for hydroxylation is 1. The van der Waals surface area contributed by atoms with Crippen molar-refractivity contribution >= 4 is 10.0 Å². The number of hydrogen-bond donors (Lipinski definition) is 1. The lowest BCUT2D eigenvalue weighted by molar-refractivity contribution is -0.0456. The van der Waals surface area contributed by atoms with Crippen molar-refractivity contribution in [2.45, 2.75) is 43.0 Å². The van der Waals surface area contributed by atoms with E-state index >= 15 is 0 Å². The van der Waals surface area contributed by atoms with Crippen molar-refractivity contribution in [1.82, 2.24) is 14.1 Å². The second-order valence-corrected chi connectivity index (χ2v) is 10.2. The van der Waals surface area contributed by atoms with E-state index in [0.717, 1.165) is 17.5 Å². The van der Waals surface area contributed by atoms with Crippen LogP contribution in [0.15, 0.2) is 59.6 Å². The Morgan fingerprint density at radius 1 is 0.970 bits per heavy atom. The van der Waals surface area contributed by atoms with Crippen LogP contribution in [0.3, 0.4) is 0 Å². The van der Waals surface area contributed by atoms with Gasteiger partial charge in [0.05, 0.1) is 19.9 Å². The molecule has 0 unspecified atom stereocenters. The summed E-state index contributed by atoms with van der Waals surface area (Å²) in [7, 11) is 0.896. The topological polar surface area (TPSA) is 93.9 Å². The number of ether oxygens (including phenoxy) is 2. The van der Waals surface area contributed by atoms with Gasteiger partial charge < -0.3 is 14.6 Å². The van der Waals surface area contributed by atoms with Crippen LogP contribution in [0.25, 0.3) is 0 Å². The standard InChI is InChI=1S/C24H29N3O5S/c1-26-22(24(28)13-4-14-24)15-23(25-26)33(29,30)27(16-18-5-9-20(31-2)10-6-18)17-19-7-11-21(32-3)12-8-19/h5-12,15,28H,4,13-14,16-17H2,1-3H3. The Kier molecular flexibility index (Phi) is 6.47. The number of nitrogens with zero attached hydrogens (tertiary/aromatic N) is 3. The minimum Gasteiger partial charge on any atom is -0.497 e. The Bertz CT molecular complexity index is 1150. The van der Waals surface area contributed by atoms with Crippen molar-refractivity contribution in [2.75, 3.05) is 14.2 Å². The van der Waals surface area contributed by atoms with E-state index in [1.807, 2.05) is 24.3 Å². The zero-order chi connectivity index (χ0) is 23.6. The summed E-state index contributed by atoms with van der Waals surface area (Å²) in [5.41, 5.74) is 1.16. The van der Waals surface area contributed by atoms with Gasteiger partial charge in [-0.3, -0.25) is 4.68 Å². The number of aromatic nitrogens is 2. The molecule has 8 nitrogen and oxygen atoms in total. The molecule has 1 heterocycles. The molecule has 1 N–H and O–H groups in total. The highest BCUT2D eigenvalue weighted by molar-refractivity contribution is 7.89. The van der Waals surface area contributed by atoms with Gasteiger partial charge in [0.1, 0.15) is 17.1 Å². The molecule has 9 heteroatoms. The molecular formula is C24H29N3O5S. The third kappa shape index (κ3) is 4.75. The fourth-order valence-electron chi connectivity index (χ4n) is 4.00. The number of sulfonamides is 1. The molecule has 2 aromatic carbocycles. The summed E-state index contributed by atoms with van der Waals surface area (Å²) in [6, 6.07) is 16.1. The van der Waals surface area contributed by atoms with E-state index in [4.69, 9.17) is 9.47 Å². The first kappa shape index (κ1) is 23.3. The lowest BCUT2D eigenvalue weighted by Crippen LogP contribution is -2.35. The van der Waals surface area contributed by atoms with Crippen LogP contribution in [-0.4, -0.2) is 41.8 Å². The molecular weight excluding hydrogens is 442 g/mol. The summed E-state index contributed by atoms with van der Waals surface area (Å²) < 4.78 is 40.7. The smallest absolute Gasteiger partial charge is 0.263 e. The first-order valence-electron chi connectivity index (χ1n) is 10.8. The van der Waals surface area contributed by atoms with Crippen LogP contribution in [-0.2, 0) is 35.8 Å². The molecule has 0 spiro atoms. The zero-order valence-electron chi connectivity index (χ0n) is 19.1. The Labute approximate surface area is 194 Å². The number of methoxy groups -OCH3 is 2. The van der Waals surface area contributed by atoms with Gasteiger partial charge in [-0.1, -0.05) is 24.3 Å². The first-order chi connectivity index (χ1) is 15.7. The van der Waals surface area contributed by atoms with Crippen molar-refractivity contribution in [2.24, 2.45) is 7.05 Å². The van der Waals surface area contributed by atoms with Crippen LogP contribution in [0.5, 0.6) is 11.5 Å². The molecule has 1 saturated carbocycles. The van der Waals surface area contributed by atoms with E-state index in [1.165, 1.54) is 15.1 Å². The predicted octanol–water partition coefficient (Wildman–Crippen LogP) is 3.20. The number of hydrogen-bond acceptors (Lipinski definition) is 6. The molecule has 0 radical (unpaired) electrons. The van der Waals surface area contributed by atoms with E-state index in [2.05, 4.69) is 5.10 Å². The third-order valence-corrected chi connectivity index (χ3v) is 7.82. The maximum Gasteiger partial charge on any atom is 0.263 e. The average molecular weight is 472 g/mol. The second kappa shape index (κ2) is 9.17. The molecule has 0 amide bonds. The normalized spacial score (nSPS) is 15.3. The monoisotopic (exact) mass is 471 g/mol. The van der Waals surface area contributed by atoms with Crippen molar-refractivity contribution in [3.63, 3.8) is 0 Å². The molecule has 0 atom stereocenters. The summed E-state index contributed by atoms with van der Waals surface area (Å²) in [5, 5.41) is 15.0. The van der Waals surface area contributed by atoms with E-state index in [-0.39, 0.29) is 18.1 Å². The second-order valence-electron chi connectivity index (χ2n) is 8.35. The van der Waals surface area contributed by atoms with Crippen LogP contribution in [0.4, 0.5) is 0 Å². The molecule has 1 aromatic heterocycles. The summed E-state index contributed by atoms with van der Waals surface area (Å²) in [6.45, 7) is 0.322. The van der Waals surface area contributed by atoms with Gasteiger partial charge in [0.2, 0.25) is 0 Å². The molecule has 4 rings (SSSR count). The fourth-order valence-corrected chi connectivity index (χ4v) is 5.39. The molecule has 0 saturated heterocycles. The average Bonchev–Trinajstić information content (AvgIpc) is 3.20. The van der Waals surface area contributed by atoms with Crippen LogP contribution < -0.4 is 9.47 Å². The number of benzene rings is 2. The lowest BCUT2D eigenvalue weighted by atomic mass is 9.78. The zero-order valence-corrected chi connectivity index (χ0v) is 19.9. The largest absolute Gasteiger partial charge is 0.497 e. The first-order valence-corrected chi connectivity index (χ1v) is 12.2. The highest BCUT2D eigenvalue weighted by atomic mass is 32.2. The van der Waals surface area contributed by atoms with Crippen molar-refractivity contribution < 1.29 is 23.0 Å². The van der Waals surface area contributed by atoms with Crippen LogP contribution >= 0.6 is 0 Å². The Morgan fingerprint density at radius 2 is 1.45 bits per heavy atom. The number of aliphatic hydroxyl groups is 1. The van der Waals surface area contributed by atoms with Crippen LogP contribution in [0.1, 0.15) is 36.1 Å². The lowest BCUT2D eigenvalue weighted by Gasteiger charge is -2.36. The van der Waals surface area contributed by atoms with E-state index in [9.17, 15) is 13.5 Å². The Balaban J connectivity index is 1.67. The molecule has 33 heavy (non-hydrogen) atoms. The van der Waals surface area contributed by atoms with Crippen LogP contribution in [0, 0.1) is 0 Å². The molecule has 0 bridgehead atoms. The quantitative estimate of drug-likeness (QED) is 0.515. The predicted molar refractivity (Wildman–Crippen MR) is 123 cm³/mol. The van der Waals surface area contributed by atoms with Gasteiger partial charge >= 0.3 is 0 Å². The van der Waals surface area contributed by atoms with Gasteiger partial charge in [-0.2, -0.15) is 9.40 Å². The molecule has 1 aliphatic rings. The SMILES string of the molecule is COc1ccc(CN(Cc2ccc(OC)cc2)S(=O)(=O)c2cc(C3(O)CCC3)n(C)n2)cc1. The van der Waals surface area contributed by atoms with E-state index < -0.39 is 15.6 Å². The summed E-state index contributed by atoms with van der Waals surface area (Å²) in [5.74, 6) is 1.40. The van der Waals surface area contributed by atoms with E-state index in [0.29, 0.717) is 30.0 Å². The van der Waals surface area contributed by atoms with Crippen LogP contribution in [0.2, 0.25) is 0 Å². The van der Waals surface area contributed by atoms with E-state index in [1.54, 1.807) is 45.5 Å². The summed E-state index contributed by atoms with van der Waals surface area (Å²) >= 11 is 0. The highest BCUT2D eigenvalue weighted by Crippen LogP contribution is 2.41. The maximum atomic E-state index is 13.7. The Hall–Kier alpha value is -2.88. The van der Waals surface area contributed by atoms with Gasteiger partial charge in [-0.05, 0) is 54.7 Å². The van der Waals surface area contributed by atoms with Gasteiger partial charge in [0, 0.05) is 26.2 Å². The molecule has 3 aromatic rings. The fraction of sp³-hybridized carbons (Fsp3) is 0.375.